The predicted octanol–water partition coefficient (Wildman–Crippen LogP) is 0.269. The maximum Gasteiger partial charge on any atom is 0.343 e. The summed E-state index contributed by atoms with van der Waals surface area (Å²) in [6.07, 6.45) is 4.49. The predicted molar refractivity (Wildman–Crippen MR) is 88.6 cm³/mol. The van der Waals surface area contributed by atoms with Crippen molar-refractivity contribution in [3.63, 3.8) is 0 Å². The molecular weight excluding hydrogens is 310 g/mol. The fourth-order valence-corrected chi connectivity index (χ4v) is 3.56. The number of nitrogens with zero attached hydrogens (tertiary/aromatic N) is 3. The number of amides is 1. The van der Waals surface area contributed by atoms with Crippen LogP contribution in [0.2, 0.25) is 0 Å². The molecule has 1 aliphatic carbocycles. The van der Waals surface area contributed by atoms with Crippen LogP contribution in [0.3, 0.4) is 0 Å². The second-order valence-electron chi connectivity index (χ2n) is 6.77. The third kappa shape index (κ3) is 3.54. The lowest BCUT2D eigenvalue weighted by atomic mass is 9.85. The number of H-pyrrole nitrogens is 1. The van der Waals surface area contributed by atoms with E-state index in [9.17, 15) is 9.59 Å². The number of hydrogen-bond acceptors (Lipinski definition) is 5. The first-order valence-corrected chi connectivity index (χ1v) is 8.81. The average Bonchev–Trinajstić information content (AvgIpc) is 3.08. The Bertz CT molecular complexity index is 621. The second kappa shape index (κ2) is 7.48. The zero-order valence-electron chi connectivity index (χ0n) is 14.5. The molecule has 0 spiro atoms. The Morgan fingerprint density at radius 1 is 1.46 bits per heavy atom. The molecule has 1 aliphatic heterocycles. The molecule has 1 saturated heterocycles. The first-order valence-electron chi connectivity index (χ1n) is 8.81. The highest BCUT2D eigenvalue weighted by Crippen LogP contribution is 2.31. The molecule has 2 N–H and O–H groups in total. The largest absolute Gasteiger partial charge is 0.380 e. The lowest BCUT2D eigenvalue weighted by Crippen LogP contribution is -2.40. The molecule has 0 radical (unpaired) electrons. The van der Waals surface area contributed by atoms with Gasteiger partial charge in [0.1, 0.15) is 0 Å². The highest BCUT2D eigenvalue weighted by atomic mass is 16.5. The highest BCUT2D eigenvalue weighted by molar-refractivity contribution is 5.78. The quantitative estimate of drug-likeness (QED) is 0.745. The Hall–Kier alpha value is -1.67. The fourth-order valence-electron chi connectivity index (χ4n) is 3.56. The Morgan fingerprint density at radius 3 is 2.88 bits per heavy atom. The van der Waals surface area contributed by atoms with Gasteiger partial charge in [-0.15, -0.1) is 0 Å². The molecule has 2 aliphatic rings. The van der Waals surface area contributed by atoms with Gasteiger partial charge in [-0.25, -0.2) is 9.89 Å². The molecule has 24 heavy (non-hydrogen) atoms. The molecule has 3 rings (SSSR count). The monoisotopic (exact) mass is 337 g/mol. The molecule has 1 saturated carbocycles. The molecule has 2 fully saturated rings. The Kier molecular flexibility index (Phi) is 5.35. The number of hydrogen-bond donors (Lipinski definition) is 2. The minimum absolute atomic E-state index is 0.0320. The second-order valence-corrected chi connectivity index (χ2v) is 6.77. The SMILES string of the molecule is CCn1c([C@@H]2C[C@H](OC)CN2CC(=O)NCC2CCC2)n[nH]c1=O. The zero-order chi connectivity index (χ0) is 17.1. The van der Waals surface area contributed by atoms with Gasteiger partial charge in [0.15, 0.2) is 5.82 Å². The van der Waals surface area contributed by atoms with E-state index in [1.165, 1.54) is 19.3 Å². The van der Waals surface area contributed by atoms with Gasteiger partial charge in [-0.3, -0.25) is 14.3 Å². The van der Waals surface area contributed by atoms with Crippen molar-refractivity contribution in [2.45, 2.75) is 51.3 Å². The number of likely N-dealkylation sites (tertiary alicyclic amines) is 1. The molecule has 8 nitrogen and oxygen atoms in total. The fraction of sp³-hybridized carbons (Fsp3) is 0.812. The highest BCUT2D eigenvalue weighted by Gasteiger charge is 2.37. The summed E-state index contributed by atoms with van der Waals surface area (Å²) in [6.45, 7) is 4.22. The van der Waals surface area contributed by atoms with Gasteiger partial charge in [0.2, 0.25) is 5.91 Å². The van der Waals surface area contributed by atoms with E-state index in [1.807, 2.05) is 6.92 Å². The first-order chi connectivity index (χ1) is 11.6. The van der Waals surface area contributed by atoms with Gasteiger partial charge >= 0.3 is 5.69 Å². The van der Waals surface area contributed by atoms with Gasteiger partial charge in [-0.2, -0.15) is 5.10 Å². The summed E-state index contributed by atoms with van der Waals surface area (Å²) in [4.78, 5) is 26.2. The van der Waals surface area contributed by atoms with Crippen LogP contribution in [0.25, 0.3) is 0 Å². The average molecular weight is 337 g/mol. The Morgan fingerprint density at radius 2 is 2.25 bits per heavy atom. The van der Waals surface area contributed by atoms with E-state index in [4.69, 9.17) is 4.74 Å². The van der Waals surface area contributed by atoms with E-state index in [0.29, 0.717) is 31.4 Å². The van der Waals surface area contributed by atoms with E-state index in [-0.39, 0.29) is 23.7 Å². The number of aromatic amines is 1. The third-order valence-corrected chi connectivity index (χ3v) is 5.26. The summed E-state index contributed by atoms with van der Waals surface area (Å²) in [7, 11) is 1.68. The van der Waals surface area contributed by atoms with Crippen LogP contribution in [-0.4, -0.2) is 58.4 Å². The minimum Gasteiger partial charge on any atom is -0.380 e. The van der Waals surface area contributed by atoms with Gasteiger partial charge in [0, 0.05) is 26.7 Å². The molecule has 0 aromatic carbocycles. The molecule has 2 atom stereocenters. The van der Waals surface area contributed by atoms with Crippen molar-refractivity contribution < 1.29 is 9.53 Å². The van der Waals surface area contributed by atoms with Gasteiger partial charge in [0.25, 0.3) is 0 Å². The summed E-state index contributed by atoms with van der Waals surface area (Å²) in [5.41, 5.74) is -0.206. The normalized spacial score (nSPS) is 24.9. The third-order valence-electron chi connectivity index (χ3n) is 5.26. The smallest absolute Gasteiger partial charge is 0.343 e. The summed E-state index contributed by atoms with van der Waals surface area (Å²) in [5, 5.41) is 9.74. The van der Waals surface area contributed by atoms with Gasteiger partial charge in [0.05, 0.1) is 18.7 Å². The van der Waals surface area contributed by atoms with Crippen LogP contribution < -0.4 is 11.0 Å². The van der Waals surface area contributed by atoms with Crippen molar-refractivity contribution in [2.75, 3.05) is 26.7 Å². The lowest BCUT2D eigenvalue weighted by Gasteiger charge is -2.27. The van der Waals surface area contributed by atoms with Crippen LogP contribution in [0.5, 0.6) is 0 Å². The molecule has 1 aromatic rings. The maximum absolute atomic E-state index is 12.3. The summed E-state index contributed by atoms with van der Waals surface area (Å²) < 4.78 is 7.11. The van der Waals surface area contributed by atoms with Crippen molar-refractivity contribution in [2.24, 2.45) is 5.92 Å². The first kappa shape index (κ1) is 17.2. The standard InChI is InChI=1S/C16H27N5O3/c1-3-21-15(18-19-16(21)23)13-7-12(24-2)9-20(13)10-14(22)17-8-11-5-4-6-11/h11-13H,3-10H2,1-2H3,(H,17,22)(H,19,23)/t12-,13-/m0/s1. The molecule has 0 bridgehead atoms. The maximum atomic E-state index is 12.3. The zero-order valence-corrected chi connectivity index (χ0v) is 14.5. The van der Waals surface area contributed by atoms with Crippen molar-refractivity contribution >= 4 is 5.91 Å². The number of ether oxygens (including phenoxy) is 1. The van der Waals surface area contributed by atoms with Crippen LogP contribution in [0, 0.1) is 5.92 Å². The molecule has 1 amide bonds. The van der Waals surface area contributed by atoms with Crippen LogP contribution in [0.15, 0.2) is 4.79 Å². The van der Waals surface area contributed by atoms with Gasteiger partial charge < -0.3 is 10.1 Å². The molecule has 134 valence electrons. The summed E-state index contributed by atoms with van der Waals surface area (Å²) in [6, 6.07) is -0.0803. The molecule has 2 heterocycles. The van der Waals surface area contributed by atoms with Crippen molar-refractivity contribution in [3.8, 4) is 0 Å². The molecule has 1 aromatic heterocycles. The van der Waals surface area contributed by atoms with Gasteiger partial charge in [-0.1, -0.05) is 6.42 Å². The molecule has 8 heteroatoms. The van der Waals surface area contributed by atoms with E-state index in [2.05, 4.69) is 20.4 Å². The van der Waals surface area contributed by atoms with Crippen LogP contribution in [-0.2, 0) is 16.1 Å². The van der Waals surface area contributed by atoms with Crippen LogP contribution in [0.1, 0.15) is 44.5 Å². The number of methoxy groups -OCH3 is 1. The Labute approximate surface area is 141 Å². The number of carbonyl (C=O) groups excluding carboxylic acids is 1. The number of carbonyl (C=O) groups is 1. The minimum atomic E-state index is -0.206. The molecular formula is C16H27N5O3. The van der Waals surface area contributed by atoms with E-state index >= 15 is 0 Å². The van der Waals surface area contributed by atoms with Gasteiger partial charge in [-0.05, 0) is 32.1 Å². The van der Waals surface area contributed by atoms with E-state index < -0.39 is 0 Å². The van der Waals surface area contributed by atoms with E-state index in [1.54, 1.807) is 11.7 Å². The van der Waals surface area contributed by atoms with Crippen molar-refractivity contribution in [1.82, 2.24) is 25.0 Å². The number of rotatable bonds is 7. The molecule has 0 unspecified atom stereocenters. The van der Waals surface area contributed by atoms with Crippen molar-refractivity contribution in [1.29, 1.82) is 0 Å². The lowest BCUT2D eigenvalue weighted by molar-refractivity contribution is -0.122. The van der Waals surface area contributed by atoms with Crippen molar-refractivity contribution in [3.05, 3.63) is 16.3 Å². The van der Waals surface area contributed by atoms with Crippen LogP contribution >= 0.6 is 0 Å². The van der Waals surface area contributed by atoms with E-state index in [0.717, 1.165) is 13.0 Å². The number of aromatic nitrogens is 3. The summed E-state index contributed by atoms with van der Waals surface area (Å²) in [5.74, 6) is 1.37. The summed E-state index contributed by atoms with van der Waals surface area (Å²) >= 11 is 0. The van der Waals surface area contributed by atoms with Crippen LogP contribution in [0.4, 0.5) is 0 Å². The Balaban J connectivity index is 1.66. The number of nitrogens with one attached hydrogen (secondary N) is 2. The topological polar surface area (TPSA) is 92.2 Å².